The van der Waals surface area contributed by atoms with E-state index in [1.54, 1.807) is 14.0 Å². The van der Waals surface area contributed by atoms with Crippen LogP contribution < -0.4 is 0 Å². The van der Waals surface area contributed by atoms with Gasteiger partial charge in [-0.25, -0.2) is 4.79 Å². The SMILES string of the molecule is CCC1CCc2sc(C(=O)N(C)C(CC)C(=O)O)cc2C1. The molecule has 0 fully saturated rings. The van der Waals surface area contributed by atoms with E-state index in [1.165, 1.54) is 39.5 Å². The third-order valence-electron chi connectivity index (χ3n) is 4.43. The molecule has 2 unspecified atom stereocenters. The molecule has 4 nitrogen and oxygen atoms in total. The lowest BCUT2D eigenvalue weighted by Crippen LogP contribution is -2.41. The molecule has 0 spiro atoms. The summed E-state index contributed by atoms with van der Waals surface area (Å²) in [4.78, 5) is 27.0. The zero-order valence-electron chi connectivity index (χ0n) is 12.9. The van der Waals surface area contributed by atoms with Crippen LogP contribution >= 0.6 is 11.3 Å². The second-order valence-corrected chi connectivity index (χ2v) is 6.89. The molecule has 1 aromatic rings. The summed E-state index contributed by atoms with van der Waals surface area (Å²) in [5.41, 5.74) is 1.29. The van der Waals surface area contributed by atoms with Gasteiger partial charge in [-0.3, -0.25) is 4.79 Å². The maximum Gasteiger partial charge on any atom is 0.326 e. The van der Waals surface area contributed by atoms with E-state index in [-0.39, 0.29) is 5.91 Å². The zero-order chi connectivity index (χ0) is 15.6. The van der Waals surface area contributed by atoms with Crippen LogP contribution in [0.25, 0.3) is 0 Å². The number of carboxylic acids is 1. The number of carbonyl (C=O) groups excluding carboxylic acids is 1. The van der Waals surface area contributed by atoms with E-state index in [1.807, 2.05) is 6.07 Å². The Balaban J connectivity index is 2.17. The summed E-state index contributed by atoms with van der Waals surface area (Å²) in [5, 5.41) is 9.18. The number of hydrogen-bond donors (Lipinski definition) is 1. The maximum atomic E-state index is 12.5. The van der Waals surface area contributed by atoms with Crippen LogP contribution in [0.4, 0.5) is 0 Å². The highest BCUT2D eigenvalue weighted by atomic mass is 32.1. The molecule has 0 radical (unpaired) electrons. The number of hydrogen-bond acceptors (Lipinski definition) is 3. The minimum atomic E-state index is -0.944. The van der Waals surface area contributed by atoms with Crippen molar-refractivity contribution in [3.63, 3.8) is 0 Å². The largest absolute Gasteiger partial charge is 0.480 e. The van der Waals surface area contributed by atoms with Crippen molar-refractivity contribution in [2.75, 3.05) is 7.05 Å². The Morgan fingerprint density at radius 3 is 2.76 bits per heavy atom. The molecule has 1 aliphatic carbocycles. The third kappa shape index (κ3) is 3.28. The number of likely N-dealkylation sites (N-methyl/N-ethyl adjacent to an activating group) is 1. The summed E-state index contributed by atoms with van der Waals surface area (Å²) < 4.78 is 0. The van der Waals surface area contributed by atoms with E-state index in [0.717, 1.165) is 18.8 Å². The molecule has 0 saturated carbocycles. The number of thiophene rings is 1. The molecule has 1 N–H and O–H groups in total. The maximum absolute atomic E-state index is 12.5. The smallest absolute Gasteiger partial charge is 0.326 e. The molecule has 0 aromatic carbocycles. The average Bonchev–Trinajstić information content (AvgIpc) is 2.89. The monoisotopic (exact) mass is 309 g/mol. The molecule has 0 aliphatic heterocycles. The summed E-state index contributed by atoms with van der Waals surface area (Å²) in [7, 11) is 1.58. The van der Waals surface area contributed by atoms with Crippen molar-refractivity contribution in [1.29, 1.82) is 0 Å². The molecule has 0 bridgehead atoms. The van der Waals surface area contributed by atoms with E-state index in [4.69, 9.17) is 0 Å². The Bertz CT molecular complexity index is 538. The van der Waals surface area contributed by atoms with E-state index in [9.17, 15) is 14.7 Å². The van der Waals surface area contributed by atoms with Gasteiger partial charge in [0, 0.05) is 11.9 Å². The molecular formula is C16H23NO3S. The van der Waals surface area contributed by atoms with Gasteiger partial charge in [-0.2, -0.15) is 0 Å². The minimum absolute atomic E-state index is 0.170. The number of fused-ring (bicyclic) bond motifs is 1. The van der Waals surface area contributed by atoms with Gasteiger partial charge in [-0.1, -0.05) is 20.3 Å². The van der Waals surface area contributed by atoms with Gasteiger partial charge in [0.15, 0.2) is 0 Å². The number of rotatable bonds is 5. The second-order valence-electron chi connectivity index (χ2n) is 5.75. The quantitative estimate of drug-likeness (QED) is 0.908. The lowest BCUT2D eigenvalue weighted by Gasteiger charge is -2.23. The van der Waals surface area contributed by atoms with Crippen molar-refractivity contribution in [2.24, 2.45) is 5.92 Å². The molecule has 2 rings (SSSR count). The van der Waals surface area contributed by atoms with Gasteiger partial charge >= 0.3 is 5.97 Å². The van der Waals surface area contributed by atoms with Gasteiger partial charge in [0.25, 0.3) is 5.91 Å². The molecule has 21 heavy (non-hydrogen) atoms. The highest BCUT2D eigenvalue weighted by Crippen LogP contribution is 2.34. The highest BCUT2D eigenvalue weighted by molar-refractivity contribution is 7.14. The fourth-order valence-electron chi connectivity index (χ4n) is 2.98. The molecule has 116 valence electrons. The number of aryl methyl sites for hydroxylation is 1. The van der Waals surface area contributed by atoms with Gasteiger partial charge in [0.1, 0.15) is 6.04 Å². The summed E-state index contributed by atoms with van der Waals surface area (Å²) in [6.45, 7) is 3.99. The fraction of sp³-hybridized carbons (Fsp3) is 0.625. The van der Waals surface area contributed by atoms with Crippen LogP contribution in [0.15, 0.2) is 6.07 Å². The van der Waals surface area contributed by atoms with Crippen LogP contribution in [-0.2, 0) is 17.6 Å². The number of carbonyl (C=O) groups is 2. The Hall–Kier alpha value is -1.36. The van der Waals surface area contributed by atoms with Crippen molar-refractivity contribution in [2.45, 2.75) is 52.0 Å². The number of aliphatic carboxylic acids is 1. The van der Waals surface area contributed by atoms with E-state index >= 15 is 0 Å². The van der Waals surface area contributed by atoms with Gasteiger partial charge < -0.3 is 10.0 Å². The van der Waals surface area contributed by atoms with Gasteiger partial charge in [0.05, 0.1) is 4.88 Å². The van der Waals surface area contributed by atoms with Crippen molar-refractivity contribution >= 4 is 23.2 Å². The number of nitrogens with zero attached hydrogens (tertiary/aromatic N) is 1. The Labute approximate surface area is 129 Å². The summed E-state index contributed by atoms with van der Waals surface area (Å²) in [6, 6.07) is 1.23. The molecule has 1 heterocycles. The third-order valence-corrected chi connectivity index (χ3v) is 5.66. The van der Waals surface area contributed by atoms with Crippen molar-refractivity contribution in [1.82, 2.24) is 4.90 Å². The van der Waals surface area contributed by atoms with Gasteiger partial charge in [-0.15, -0.1) is 11.3 Å². The van der Waals surface area contributed by atoms with Gasteiger partial charge in [-0.05, 0) is 43.2 Å². The van der Waals surface area contributed by atoms with Crippen molar-refractivity contribution in [3.8, 4) is 0 Å². The molecule has 5 heteroatoms. The van der Waals surface area contributed by atoms with Crippen molar-refractivity contribution in [3.05, 3.63) is 21.4 Å². The van der Waals surface area contributed by atoms with E-state index in [0.29, 0.717) is 11.3 Å². The normalized spacial score (nSPS) is 18.9. The summed E-state index contributed by atoms with van der Waals surface area (Å²) in [5.74, 6) is -0.396. The topological polar surface area (TPSA) is 57.6 Å². The van der Waals surface area contributed by atoms with E-state index in [2.05, 4.69) is 6.92 Å². The number of amides is 1. The Kier molecular flexibility index (Phi) is 5.04. The van der Waals surface area contributed by atoms with Crippen molar-refractivity contribution < 1.29 is 14.7 Å². The first-order chi connectivity index (χ1) is 9.97. The molecule has 1 aliphatic rings. The van der Waals surface area contributed by atoms with Crippen LogP contribution in [-0.4, -0.2) is 35.0 Å². The Morgan fingerprint density at radius 2 is 2.19 bits per heavy atom. The molecule has 1 amide bonds. The lowest BCUT2D eigenvalue weighted by atomic mass is 9.87. The minimum Gasteiger partial charge on any atom is -0.480 e. The highest BCUT2D eigenvalue weighted by Gasteiger charge is 2.28. The second kappa shape index (κ2) is 6.60. The summed E-state index contributed by atoms with van der Waals surface area (Å²) in [6.07, 6.45) is 4.89. The van der Waals surface area contributed by atoms with Crippen LogP contribution in [0, 0.1) is 5.92 Å². The molecule has 2 atom stereocenters. The molecular weight excluding hydrogens is 286 g/mol. The first-order valence-corrected chi connectivity index (χ1v) is 8.41. The zero-order valence-corrected chi connectivity index (χ0v) is 13.7. The molecule has 1 aromatic heterocycles. The van der Waals surface area contributed by atoms with Crippen LogP contribution in [0.1, 0.15) is 53.2 Å². The van der Waals surface area contributed by atoms with Crippen LogP contribution in [0.3, 0.4) is 0 Å². The predicted molar refractivity (Wildman–Crippen MR) is 83.9 cm³/mol. The lowest BCUT2D eigenvalue weighted by molar-refractivity contribution is -0.142. The first kappa shape index (κ1) is 16.0. The average molecular weight is 309 g/mol. The van der Waals surface area contributed by atoms with Crippen LogP contribution in [0.5, 0.6) is 0 Å². The predicted octanol–water partition coefficient (Wildman–Crippen LogP) is 3.20. The number of carboxylic acid groups (broad SMARTS) is 1. The fourth-order valence-corrected chi connectivity index (χ4v) is 4.17. The van der Waals surface area contributed by atoms with Crippen LogP contribution in [0.2, 0.25) is 0 Å². The van der Waals surface area contributed by atoms with Gasteiger partial charge in [0.2, 0.25) is 0 Å². The Morgan fingerprint density at radius 1 is 1.48 bits per heavy atom. The first-order valence-electron chi connectivity index (χ1n) is 7.59. The summed E-state index contributed by atoms with van der Waals surface area (Å²) >= 11 is 1.54. The standard InChI is InChI=1S/C16H23NO3S/c1-4-10-6-7-13-11(8-10)9-14(21-13)15(18)17(3)12(5-2)16(19)20/h9-10,12H,4-8H2,1-3H3,(H,19,20). The van der Waals surface area contributed by atoms with E-state index < -0.39 is 12.0 Å². The molecule has 0 saturated heterocycles.